The third-order valence-corrected chi connectivity index (χ3v) is 6.04. The van der Waals surface area contributed by atoms with Crippen LogP contribution in [0.25, 0.3) is 22.2 Å². The Balaban J connectivity index is 2.06. The molecule has 0 aliphatic rings. The molecule has 2 amide bonds. The van der Waals surface area contributed by atoms with Gasteiger partial charge in [-0.25, -0.2) is 9.78 Å². The molecule has 0 spiro atoms. The van der Waals surface area contributed by atoms with E-state index >= 15 is 0 Å². The van der Waals surface area contributed by atoms with Crippen LogP contribution in [-0.4, -0.2) is 71.2 Å². The number of imidazole rings is 1. The van der Waals surface area contributed by atoms with Gasteiger partial charge in [0.1, 0.15) is 23.1 Å². The first-order valence-electron chi connectivity index (χ1n) is 11.8. The van der Waals surface area contributed by atoms with E-state index in [9.17, 15) is 44.3 Å². The molecule has 0 radical (unpaired) electrons. The van der Waals surface area contributed by atoms with Gasteiger partial charge < -0.3 is 24.7 Å². The number of hydrogen-bond acceptors (Lipinski definition) is 5. The highest BCUT2D eigenvalue weighted by molar-refractivity contribution is 5.88. The topological polar surface area (TPSA) is 92.4 Å². The van der Waals surface area contributed by atoms with E-state index in [1.165, 1.54) is 38.0 Å². The van der Waals surface area contributed by atoms with Gasteiger partial charge in [-0.1, -0.05) is 0 Å². The van der Waals surface area contributed by atoms with Gasteiger partial charge in [0.25, 0.3) is 0 Å². The Morgan fingerprint density at radius 3 is 2.17 bits per heavy atom. The van der Waals surface area contributed by atoms with E-state index in [1.54, 1.807) is 0 Å². The van der Waals surface area contributed by atoms with Crippen LogP contribution in [0.5, 0.6) is 11.5 Å². The fourth-order valence-electron chi connectivity index (χ4n) is 4.13. The van der Waals surface area contributed by atoms with Gasteiger partial charge in [0.2, 0.25) is 0 Å². The molecule has 3 rings (SSSR count). The van der Waals surface area contributed by atoms with Crippen molar-refractivity contribution >= 4 is 17.1 Å². The maximum Gasteiger partial charge on any atom is 0.414 e. The fourth-order valence-corrected chi connectivity index (χ4v) is 4.13. The van der Waals surface area contributed by atoms with Gasteiger partial charge >= 0.3 is 24.6 Å². The number of halogens is 9. The van der Waals surface area contributed by atoms with E-state index < -0.39 is 61.7 Å². The third-order valence-electron chi connectivity index (χ3n) is 6.04. The number of ether oxygens (including phenoxy) is 2. The van der Waals surface area contributed by atoms with Crippen molar-refractivity contribution in [3.05, 3.63) is 36.4 Å². The maximum absolute atomic E-state index is 14.4. The highest BCUT2D eigenvalue weighted by Crippen LogP contribution is 2.41. The molecule has 0 fully saturated rings. The quantitative estimate of drug-likeness (QED) is 0.272. The average Bonchev–Trinajstić information content (AvgIpc) is 3.35. The molecular formula is C24H24F9N5O3. The zero-order valence-electron chi connectivity index (χ0n) is 21.6. The summed E-state index contributed by atoms with van der Waals surface area (Å²) in [5.74, 6) is 0.283. The molecule has 2 atom stereocenters. The monoisotopic (exact) mass is 601 g/mol. The molecule has 41 heavy (non-hydrogen) atoms. The summed E-state index contributed by atoms with van der Waals surface area (Å²) in [6.45, 7) is 0.301. The Kier molecular flexibility index (Phi) is 9.17. The van der Waals surface area contributed by atoms with Crippen molar-refractivity contribution in [1.29, 1.82) is 0 Å². The highest BCUT2D eigenvalue weighted by Gasteiger charge is 2.49. The fraction of sp³-hybridized carbons (Fsp3) is 0.458. The molecule has 226 valence electrons. The Morgan fingerprint density at radius 2 is 1.63 bits per heavy atom. The van der Waals surface area contributed by atoms with Crippen molar-refractivity contribution in [3.8, 4) is 22.6 Å². The largest absolute Gasteiger partial charge is 0.494 e. The van der Waals surface area contributed by atoms with E-state index in [4.69, 9.17) is 9.47 Å². The molecule has 0 aliphatic carbocycles. The van der Waals surface area contributed by atoms with Gasteiger partial charge in [-0.2, -0.15) is 39.5 Å². The van der Waals surface area contributed by atoms with E-state index in [0.29, 0.717) is 11.0 Å². The number of aromatic nitrogens is 3. The van der Waals surface area contributed by atoms with Crippen LogP contribution in [0.3, 0.4) is 0 Å². The molecule has 0 bridgehead atoms. The highest BCUT2D eigenvalue weighted by atomic mass is 19.4. The van der Waals surface area contributed by atoms with Crippen LogP contribution < -0.4 is 14.8 Å². The summed E-state index contributed by atoms with van der Waals surface area (Å²) in [5, 5.41) is 1.29. The van der Waals surface area contributed by atoms with Crippen molar-refractivity contribution in [1.82, 2.24) is 25.2 Å². The lowest BCUT2D eigenvalue weighted by Gasteiger charge is -2.34. The van der Waals surface area contributed by atoms with E-state index in [0.717, 1.165) is 19.2 Å². The summed E-state index contributed by atoms with van der Waals surface area (Å²) in [7, 11) is 2.58. The van der Waals surface area contributed by atoms with Crippen molar-refractivity contribution in [2.24, 2.45) is 0 Å². The molecule has 2 aromatic heterocycles. The van der Waals surface area contributed by atoms with Gasteiger partial charge in [0, 0.05) is 18.5 Å². The Bertz CT molecular complexity index is 1360. The summed E-state index contributed by atoms with van der Waals surface area (Å²) in [6, 6.07) is -3.84. The van der Waals surface area contributed by atoms with E-state index in [-0.39, 0.29) is 27.5 Å². The van der Waals surface area contributed by atoms with Crippen LogP contribution in [0.2, 0.25) is 0 Å². The van der Waals surface area contributed by atoms with Gasteiger partial charge in [-0.15, -0.1) is 0 Å². The molecule has 0 saturated heterocycles. The number of pyridine rings is 1. The van der Waals surface area contributed by atoms with Crippen LogP contribution in [0.1, 0.15) is 31.5 Å². The third kappa shape index (κ3) is 7.43. The molecule has 1 aromatic carbocycles. The number of amides is 2. The number of carbonyl (C=O) groups is 1. The Hall–Kier alpha value is -3.92. The standard InChI is InChI=1S/C24H24F9N5O3/c1-4-38(21(39)37-18(23(28,29)30)5-6-22(25,26)27)20(24(31,32)33)15-9-13(17(41-3)10-34-15)12-7-14-19(36-11-35-14)16(8-12)40-2/h7-11,18,20H,4-6H2,1-3H3,(H,35,36)(H,37,39). The lowest BCUT2D eigenvalue weighted by molar-refractivity contribution is -0.182. The first-order valence-corrected chi connectivity index (χ1v) is 11.8. The van der Waals surface area contributed by atoms with Crippen molar-refractivity contribution < 1.29 is 53.8 Å². The van der Waals surface area contributed by atoms with Crippen molar-refractivity contribution in [2.45, 2.75) is 50.4 Å². The van der Waals surface area contributed by atoms with Gasteiger partial charge in [-0.3, -0.25) is 4.98 Å². The number of rotatable bonds is 9. The predicted octanol–water partition coefficient (Wildman–Crippen LogP) is 6.55. The van der Waals surface area contributed by atoms with Crippen LogP contribution in [0.4, 0.5) is 44.3 Å². The molecule has 17 heteroatoms. The molecule has 2 unspecified atom stereocenters. The number of hydrogen-bond donors (Lipinski definition) is 2. The summed E-state index contributed by atoms with van der Waals surface area (Å²) in [5.41, 5.74) is 0.455. The van der Waals surface area contributed by atoms with Crippen LogP contribution in [-0.2, 0) is 0 Å². The zero-order chi connectivity index (χ0) is 30.8. The Labute approximate surface area is 226 Å². The van der Waals surface area contributed by atoms with Gasteiger partial charge in [0.15, 0.2) is 6.04 Å². The van der Waals surface area contributed by atoms with E-state index in [2.05, 4.69) is 15.0 Å². The lowest BCUT2D eigenvalue weighted by atomic mass is 10.0. The number of methoxy groups -OCH3 is 2. The minimum absolute atomic E-state index is 0.0175. The number of benzene rings is 1. The SMILES string of the molecule is CCN(C(=O)NC(CCC(F)(F)F)C(F)(F)F)C(c1cc(-c2cc(OC)c3nc[nH]c3c2)c(OC)cn1)C(F)(F)F. The number of fused-ring (bicyclic) bond motifs is 1. The molecular weight excluding hydrogens is 577 g/mol. The normalized spacial score (nSPS) is 14.0. The number of H-pyrrole nitrogens is 1. The first kappa shape index (κ1) is 31.6. The molecule has 8 nitrogen and oxygen atoms in total. The predicted molar refractivity (Wildman–Crippen MR) is 127 cm³/mol. The second kappa shape index (κ2) is 11.9. The van der Waals surface area contributed by atoms with Gasteiger partial charge in [-0.05, 0) is 37.1 Å². The summed E-state index contributed by atoms with van der Waals surface area (Å²) >= 11 is 0. The minimum atomic E-state index is -5.36. The van der Waals surface area contributed by atoms with E-state index in [1.807, 2.05) is 0 Å². The molecule has 0 saturated carbocycles. The smallest absolute Gasteiger partial charge is 0.414 e. The van der Waals surface area contributed by atoms with Crippen LogP contribution >= 0.6 is 0 Å². The average molecular weight is 601 g/mol. The lowest BCUT2D eigenvalue weighted by Crippen LogP contribution is -2.53. The number of alkyl halides is 9. The summed E-state index contributed by atoms with van der Waals surface area (Å²) in [6.07, 6.45) is -16.8. The second-order valence-corrected chi connectivity index (χ2v) is 8.71. The summed E-state index contributed by atoms with van der Waals surface area (Å²) < 4.78 is 132. The number of aromatic amines is 1. The number of urea groups is 1. The van der Waals surface area contributed by atoms with Crippen LogP contribution in [0.15, 0.2) is 30.7 Å². The number of carbonyl (C=O) groups excluding carboxylic acids is 1. The van der Waals surface area contributed by atoms with Crippen molar-refractivity contribution in [2.75, 3.05) is 20.8 Å². The first-order chi connectivity index (χ1) is 19.0. The maximum atomic E-state index is 14.4. The second-order valence-electron chi connectivity index (χ2n) is 8.71. The Morgan fingerprint density at radius 1 is 0.976 bits per heavy atom. The zero-order valence-corrected chi connectivity index (χ0v) is 21.6. The van der Waals surface area contributed by atoms with Crippen LogP contribution in [0, 0.1) is 0 Å². The molecule has 2 N–H and O–H groups in total. The number of nitrogens with zero attached hydrogens (tertiary/aromatic N) is 3. The van der Waals surface area contributed by atoms with Gasteiger partial charge in [0.05, 0.1) is 38.0 Å². The molecule has 2 heterocycles. The minimum Gasteiger partial charge on any atom is -0.494 e. The number of nitrogens with one attached hydrogen (secondary N) is 2. The molecule has 3 aromatic rings. The summed E-state index contributed by atoms with van der Waals surface area (Å²) in [4.78, 5) is 23.5. The molecule has 0 aliphatic heterocycles. The van der Waals surface area contributed by atoms with Crippen molar-refractivity contribution in [3.63, 3.8) is 0 Å².